The molecule has 5 nitrogen and oxygen atoms in total. The molecule has 2 aromatic carbocycles. The van der Waals surface area contributed by atoms with Crippen LogP contribution < -0.4 is 15.0 Å². The number of likely N-dealkylation sites (N-methyl/N-ethyl adjacent to an activating group) is 1. The van der Waals surface area contributed by atoms with E-state index in [9.17, 15) is 9.18 Å². The Balaban J connectivity index is 1.61. The van der Waals surface area contributed by atoms with Crippen LogP contribution in [0.25, 0.3) is 0 Å². The smallest absolute Gasteiger partial charge is 0.262 e. The van der Waals surface area contributed by atoms with Gasteiger partial charge in [-0.25, -0.2) is 4.39 Å². The highest BCUT2D eigenvalue weighted by Crippen LogP contribution is 2.26. The molecule has 7 heteroatoms. The van der Waals surface area contributed by atoms with Crippen LogP contribution in [0.3, 0.4) is 0 Å². The summed E-state index contributed by atoms with van der Waals surface area (Å²) in [6.07, 6.45) is 0. The summed E-state index contributed by atoms with van der Waals surface area (Å²) in [5.74, 6) is -0.463. The monoisotopic (exact) mass is 377 g/mol. The number of carbonyl (C=O) groups is 1. The number of hydrogen-bond acceptors (Lipinski definition) is 4. The van der Waals surface area contributed by atoms with Gasteiger partial charge < -0.3 is 19.9 Å². The Hall–Kier alpha value is -2.31. The van der Waals surface area contributed by atoms with E-state index in [1.807, 2.05) is 24.3 Å². The van der Waals surface area contributed by atoms with Crippen LogP contribution in [0.5, 0.6) is 5.75 Å². The molecule has 1 aliphatic rings. The Morgan fingerprint density at radius 3 is 2.65 bits per heavy atom. The number of carbonyl (C=O) groups excluding carboxylic acids is 1. The van der Waals surface area contributed by atoms with Gasteiger partial charge in [-0.1, -0.05) is 23.7 Å². The van der Waals surface area contributed by atoms with E-state index in [0.717, 1.165) is 37.6 Å². The van der Waals surface area contributed by atoms with Gasteiger partial charge in [-0.3, -0.25) is 4.79 Å². The highest BCUT2D eigenvalue weighted by Gasteiger charge is 2.17. The van der Waals surface area contributed by atoms with Crippen molar-refractivity contribution in [2.75, 3.05) is 50.1 Å². The van der Waals surface area contributed by atoms with Crippen molar-refractivity contribution in [1.82, 2.24) is 4.90 Å². The Morgan fingerprint density at radius 1 is 1.19 bits per heavy atom. The summed E-state index contributed by atoms with van der Waals surface area (Å²) in [4.78, 5) is 16.8. The van der Waals surface area contributed by atoms with Crippen LogP contribution in [-0.4, -0.2) is 50.6 Å². The van der Waals surface area contributed by atoms with Crippen molar-refractivity contribution in [1.29, 1.82) is 0 Å². The third kappa shape index (κ3) is 4.65. The quantitative estimate of drug-likeness (QED) is 0.868. The molecule has 0 spiro atoms. The van der Waals surface area contributed by atoms with E-state index in [4.69, 9.17) is 16.3 Å². The van der Waals surface area contributed by atoms with Crippen LogP contribution in [0, 0.1) is 5.82 Å². The zero-order valence-electron chi connectivity index (χ0n) is 14.5. The average Bonchev–Trinajstić information content (AvgIpc) is 2.64. The standard InChI is InChI=1S/C19H21ClFN3O2/c1-23-8-10-24(11-9-23)18-5-3-2-4-17(18)22-19(25)13-26-14-6-7-16(21)15(20)12-14/h2-7,12H,8-11,13H2,1H3,(H,22,25). The lowest BCUT2D eigenvalue weighted by molar-refractivity contribution is -0.118. The zero-order valence-corrected chi connectivity index (χ0v) is 15.3. The van der Waals surface area contributed by atoms with Gasteiger partial charge in [-0.15, -0.1) is 0 Å². The second-order valence-corrected chi connectivity index (χ2v) is 6.63. The van der Waals surface area contributed by atoms with E-state index < -0.39 is 5.82 Å². The largest absolute Gasteiger partial charge is 0.484 e. The molecular weight excluding hydrogens is 357 g/mol. The molecule has 0 radical (unpaired) electrons. The van der Waals surface area contributed by atoms with E-state index in [0.29, 0.717) is 5.75 Å². The van der Waals surface area contributed by atoms with E-state index in [-0.39, 0.29) is 17.5 Å². The minimum Gasteiger partial charge on any atom is -0.484 e. The van der Waals surface area contributed by atoms with Gasteiger partial charge in [-0.2, -0.15) is 0 Å². The molecule has 1 saturated heterocycles. The average molecular weight is 378 g/mol. The molecule has 1 aliphatic heterocycles. The van der Waals surface area contributed by atoms with Crippen LogP contribution in [-0.2, 0) is 4.79 Å². The van der Waals surface area contributed by atoms with Crippen molar-refractivity contribution in [3.8, 4) is 5.75 Å². The molecule has 0 saturated carbocycles. The number of piperazine rings is 1. The summed E-state index contributed by atoms with van der Waals surface area (Å²) >= 11 is 5.71. The normalized spacial score (nSPS) is 15.0. The van der Waals surface area contributed by atoms with E-state index in [1.165, 1.54) is 18.2 Å². The summed E-state index contributed by atoms with van der Waals surface area (Å²) in [5.41, 5.74) is 1.75. The topological polar surface area (TPSA) is 44.8 Å². The maximum absolute atomic E-state index is 13.2. The molecule has 138 valence electrons. The molecule has 1 heterocycles. The first-order valence-corrected chi connectivity index (χ1v) is 8.81. The number of benzene rings is 2. The van der Waals surface area contributed by atoms with Gasteiger partial charge in [0.25, 0.3) is 5.91 Å². The van der Waals surface area contributed by atoms with Gasteiger partial charge in [0, 0.05) is 32.2 Å². The number of amides is 1. The Kier molecular flexibility index (Phi) is 5.96. The Bertz CT molecular complexity index is 779. The minimum absolute atomic E-state index is 0.0386. The third-order valence-electron chi connectivity index (χ3n) is 4.28. The number of para-hydroxylation sites is 2. The molecule has 2 aromatic rings. The van der Waals surface area contributed by atoms with Crippen molar-refractivity contribution in [3.63, 3.8) is 0 Å². The second kappa shape index (κ2) is 8.38. The summed E-state index contributed by atoms with van der Waals surface area (Å²) in [5, 5.41) is 2.85. The molecular formula is C19H21ClFN3O2. The number of ether oxygens (including phenoxy) is 1. The predicted octanol–water partition coefficient (Wildman–Crippen LogP) is 3.25. The van der Waals surface area contributed by atoms with Gasteiger partial charge in [0.1, 0.15) is 11.6 Å². The first-order chi connectivity index (χ1) is 12.5. The maximum Gasteiger partial charge on any atom is 0.262 e. The van der Waals surface area contributed by atoms with Crippen LogP contribution in [0.1, 0.15) is 0 Å². The summed E-state index contributed by atoms with van der Waals surface area (Å²) in [6.45, 7) is 3.61. The van der Waals surface area contributed by atoms with Crippen LogP contribution in [0.15, 0.2) is 42.5 Å². The lowest BCUT2D eigenvalue weighted by Gasteiger charge is -2.35. The fourth-order valence-corrected chi connectivity index (χ4v) is 2.97. The first kappa shape index (κ1) is 18.5. The number of nitrogens with one attached hydrogen (secondary N) is 1. The fourth-order valence-electron chi connectivity index (χ4n) is 2.80. The lowest BCUT2D eigenvalue weighted by Crippen LogP contribution is -2.44. The molecule has 1 amide bonds. The SMILES string of the molecule is CN1CCN(c2ccccc2NC(=O)COc2ccc(F)c(Cl)c2)CC1. The highest BCUT2D eigenvalue weighted by atomic mass is 35.5. The molecule has 1 fully saturated rings. The fraction of sp³-hybridized carbons (Fsp3) is 0.316. The van der Waals surface area contributed by atoms with Gasteiger partial charge in [-0.05, 0) is 31.3 Å². The van der Waals surface area contributed by atoms with Crippen LogP contribution in [0.2, 0.25) is 5.02 Å². The zero-order chi connectivity index (χ0) is 18.5. The summed E-state index contributed by atoms with van der Waals surface area (Å²) < 4.78 is 18.5. The van der Waals surface area contributed by atoms with Gasteiger partial charge >= 0.3 is 0 Å². The molecule has 0 aromatic heterocycles. The number of nitrogens with zero attached hydrogens (tertiary/aromatic N) is 2. The number of rotatable bonds is 5. The summed E-state index contributed by atoms with van der Waals surface area (Å²) in [7, 11) is 2.10. The molecule has 0 aliphatic carbocycles. The molecule has 3 rings (SSSR count). The first-order valence-electron chi connectivity index (χ1n) is 8.43. The van der Waals surface area contributed by atoms with Gasteiger partial charge in [0.05, 0.1) is 16.4 Å². The maximum atomic E-state index is 13.2. The second-order valence-electron chi connectivity index (χ2n) is 6.22. The highest BCUT2D eigenvalue weighted by molar-refractivity contribution is 6.30. The molecule has 0 bridgehead atoms. The lowest BCUT2D eigenvalue weighted by atomic mass is 10.2. The van der Waals surface area contributed by atoms with Crippen LogP contribution in [0.4, 0.5) is 15.8 Å². The Labute approximate surface area is 157 Å². The summed E-state index contributed by atoms with van der Waals surface area (Å²) in [6, 6.07) is 11.7. The van der Waals surface area contributed by atoms with E-state index in [2.05, 4.69) is 22.2 Å². The predicted molar refractivity (Wildman–Crippen MR) is 102 cm³/mol. The van der Waals surface area contributed by atoms with Crippen molar-refractivity contribution in [2.45, 2.75) is 0 Å². The molecule has 26 heavy (non-hydrogen) atoms. The van der Waals surface area contributed by atoms with Crippen LogP contribution >= 0.6 is 11.6 Å². The number of hydrogen-bond donors (Lipinski definition) is 1. The molecule has 0 atom stereocenters. The Morgan fingerprint density at radius 2 is 1.92 bits per heavy atom. The van der Waals surface area contributed by atoms with Crippen molar-refractivity contribution >= 4 is 28.9 Å². The van der Waals surface area contributed by atoms with Gasteiger partial charge in [0.15, 0.2) is 6.61 Å². The molecule has 1 N–H and O–H groups in total. The van der Waals surface area contributed by atoms with Crippen molar-refractivity contribution < 1.29 is 13.9 Å². The van der Waals surface area contributed by atoms with E-state index in [1.54, 1.807) is 0 Å². The van der Waals surface area contributed by atoms with Gasteiger partial charge in [0.2, 0.25) is 0 Å². The van der Waals surface area contributed by atoms with Crippen molar-refractivity contribution in [2.24, 2.45) is 0 Å². The minimum atomic E-state index is -0.524. The third-order valence-corrected chi connectivity index (χ3v) is 4.57. The number of halogens is 2. The molecule has 0 unspecified atom stereocenters. The van der Waals surface area contributed by atoms with E-state index >= 15 is 0 Å². The van der Waals surface area contributed by atoms with Crippen molar-refractivity contribution in [3.05, 3.63) is 53.3 Å². The number of anilines is 2.